The fraction of sp³-hybridized carbons (Fsp3) is 0.125. The first-order chi connectivity index (χ1) is 4.83. The van der Waals surface area contributed by atoms with E-state index < -0.39 is 0 Å². The Hall–Kier alpha value is -1.40. The molecule has 0 bridgehead atoms. The molecule has 0 aromatic rings. The van der Waals surface area contributed by atoms with E-state index in [-0.39, 0.29) is 0 Å². The zero-order valence-electron chi connectivity index (χ0n) is 5.83. The minimum atomic E-state index is 0.638. The Morgan fingerprint density at radius 1 is 1.70 bits per heavy atom. The second kappa shape index (κ2) is 2.95. The Morgan fingerprint density at radius 2 is 2.50 bits per heavy atom. The third kappa shape index (κ3) is 1.54. The van der Waals surface area contributed by atoms with Gasteiger partial charge in [-0.25, -0.2) is 9.98 Å². The van der Waals surface area contributed by atoms with Crippen molar-refractivity contribution in [2.45, 2.75) is 6.92 Å². The molecule has 1 heterocycles. The average molecular weight is 132 g/mol. The smallest absolute Gasteiger partial charge is 0.152 e. The Bertz CT molecular complexity index is 263. The van der Waals surface area contributed by atoms with Crippen LogP contribution in [0, 0.1) is 0 Å². The number of allylic oxidation sites excluding steroid dienone is 2. The fourth-order valence-electron chi connectivity index (χ4n) is 0.630. The molecule has 0 unspecified atom stereocenters. The van der Waals surface area contributed by atoms with Crippen molar-refractivity contribution in [2.24, 2.45) is 9.98 Å². The summed E-state index contributed by atoms with van der Waals surface area (Å²) in [5.41, 5.74) is 3.81. The van der Waals surface area contributed by atoms with Crippen molar-refractivity contribution in [3.05, 3.63) is 29.8 Å². The Labute approximate surface area is 60.0 Å². The van der Waals surface area contributed by atoms with E-state index in [0.717, 1.165) is 5.71 Å². The van der Waals surface area contributed by atoms with E-state index in [1.165, 1.54) is 0 Å². The molecule has 1 rings (SSSR count). The van der Waals surface area contributed by atoms with Gasteiger partial charge in [0.15, 0.2) is 5.82 Å². The first-order valence-electron chi connectivity index (χ1n) is 2.98. The van der Waals surface area contributed by atoms with Crippen LogP contribution in [0.5, 0.6) is 0 Å². The molecule has 0 aromatic carbocycles. The van der Waals surface area contributed by atoms with E-state index in [1.54, 1.807) is 18.2 Å². The molecule has 0 saturated heterocycles. The normalized spacial score (nSPS) is 15.7. The standard InChI is InChI=1S/C8H8N2/c1-7-5-3-4-6-8(9-2)10-7/h4-6H,2H2,1H3. The minimum Gasteiger partial charge on any atom is -0.245 e. The van der Waals surface area contributed by atoms with E-state index in [4.69, 9.17) is 0 Å². The fourth-order valence-corrected chi connectivity index (χ4v) is 0.630. The lowest BCUT2D eigenvalue weighted by Gasteiger charge is -1.88. The predicted molar refractivity (Wildman–Crippen MR) is 43.4 cm³/mol. The van der Waals surface area contributed by atoms with Crippen molar-refractivity contribution in [3.8, 4) is 0 Å². The highest BCUT2D eigenvalue weighted by atomic mass is 14.9. The zero-order chi connectivity index (χ0) is 7.40. The van der Waals surface area contributed by atoms with Gasteiger partial charge in [-0.15, -0.1) is 5.73 Å². The molecule has 10 heavy (non-hydrogen) atoms. The van der Waals surface area contributed by atoms with Crippen molar-refractivity contribution in [1.82, 2.24) is 0 Å². The SMILES string of the molecule is C=NC1=CC=C=CC(C)=N1. The van der Waals surface area contributed by atoms with Gasteiger partial charge in [0, 0.05) is 11.8 Å². The molecule has 0 atom stereocenters. The summed E-state index contributed by atoms with van der Waals surface area (Å²) in [6.07, 6.45) is 5.33. The van der Waals surface area contributed by atoms with Gasteiger partial charge >= 0.3 is 0 Å². The highest BCUT2D eigenvalue weighted by Gasteiger charge is 1.89. The molecule has 2 nitrogen and oxygen atoms in total. The van der Waals surface area contributed by atoms with Crippen LogP contribution in [0.25, 0.3) is 0 Å². The van der Waals surface area contributed by atoms with Crippen LogP contribution in [0.4, 0.5) is 0 Å². The van der Waals surface area contributed by atoms with Crippen LogP contribution in [0.2, 0.25) is 0 Å². The van der Waals surface area contributed by atoms with Gasteiger partial charge in [0.05, 0.1) is 0 Å². The number of hydrogen-bond acceptors (Lipinski definition) is 2. The monoisotopic (exact) mass is 132 g/mol. The quantitative estimate of drug-likeness (QED) is 0.383. The molecule has 0 aliphatic carbocycles. The maximum atomic E-state index is 4.09. The minimum absolute atomic E-state index is 0.638. The van der Waals surface area contributed by atoms with Gasteiger partial charge in [-0.05, 0) is 25.8 Å². The average Bonchev–Trinajstić information content (AvgIpc) is 2.13. The van der Waals surface area contributed by atoms with E-state index in [2.05, 4.69) is 22.4 Å². The molecule has 0 aromatic heterocycles. The molecule has 2 heteroatoms. The lowest BCUT2D eigenvalue weighted by molar-refractivity contribution is 1.25. The van der Waals surface area contributed by atoms with Crippen molar-refractivity contribution in [3.63, 3.8) is 0 Å². The molecule has 0 amide bonds. The molecule has 0 N–H and O–H groups in total. The first-order valence-corrected chi connectivity index (χ1v) is 2.98. The molecule has 1 aliphatic rings. The predicted octanol–water partition coefficient (Wildman–Crippen LogP) is 1.71. The summed E-state index contributed by atoms with van der Waals surface area (Å²) in [4.78, 5) is 7.78. The molecule has 1 aliphatic heterocycles. The van der Waals surface area contributed by atoms with E-state index in [0.29, 0.717) is 5.82 Å². The maximum Gasteiger partial charge on any atom is 0.152 e. The van der Waals surface area contributed by atoms with Gasteiger partial charge < -0.3 is 0 Å². The van der Waals surface area contributed by atoms with Crippen molar-refractivity contribution in [2.75, 3.05) is 0 Å². The highest BCUT2D eigenvalue weighted by Crippen LogP contribution is 2.01. The van der Waals surface area contributed by atoms with Crippen LogP contribution in [0.3, 0.4) is 0 Å². The first kappa shape index (κ1) is 6.72. The van der Waals surface area contributed by atoms with Gasteiger partial charge in [-0.1, -0.05) is 0 Å². The summed E-state index contributed by atoms with van der Waals surface area (Å²) >= 11 is 0. The largest absolute Gasteiger partial charge is 0.245 e. The van der Waals surface area contributed by atoms with Gasteiger partial charge in [0.25, 0.3) is 0 Å². The Morgan fingerprint density at radius 3 is 3.20 bits per heavy atom. The summed E-state index contributed by atoms with van der Waals surface area (Å²) in [5.74, 6) is 0.638. The summed E-state index contributed by atoms with van der Waals surface area (Å²) in [6, 6.07) is 0. The number of aliphatic imine (C=N–C) groups is 2. The zero-order valence-corrected chi connectivity index (χ0v) is 5.83. The molecular weight excluding hydrogens is 124 g/mol. The molecular formula is C8H8N2. The second-order valence-electron chi connectivity index (χ2n) is 1.91. The second-order valence-corrected chi connectivity index (χ2v) is 1.91. The summed E-state index contributed by atoms with van der Waals surface area (Å²) in [5, 5.41) is 0. The van der Waals surface area contributed by atoms with Crippen molar-refractivity contribution < 1.29 is 0 Å². The number of nitrogens with zero attached hydrogens (tertiary/aromatic N) is 2. The summed E-state index contributed by atoms with van der Waals surface area (Å²) in [7, 11) is 0. The molecule has 0 fully saturated rings. The van der Waals surface area contributed by atoms with Gasteiger partial charge in [-0.2, -0.15) is 0 Å². The molecule has 0 spiro atoms. The molecule has 0 radical (unpaired) electrons. The number of hydrogen-bond donors (Lipinski definition) is 0. The molecule has 50 valence electrons. The van der Waals surface area contributed by atoms with Crippen LogP contribution in [-0.2, 0) is 0 Å². The lowest BCUT2D eigenvalue weighted by Crippen LogP contribution is -1.82. The lowest BCUT2D eigenvalue weighted by atomic mass is 10.4. The van der Waals surface area contributed by atoms with Crippen molar-refractivity contribution >= 4 is 12.4 Å². The van der Waals surface area contributed by atoms with Crippen LogP contribution >= 0.6 is 0 Å². The van der Waals surface area contributed by atoms with E-state index in [1.807, 2.05) is 6.92 Å². The van der Waals surface area contributed by atoms with E-state index in [9.17, 15) is 0 Å². The van der Waals surface area contributed by atoms with Gasteiger partial charge in [-0.3, -0.25) is 0 Å². The van der Waals surface area contributed by atoms with Crippen molar-refractivity contribution in [1.29, 1.82) is 0 Å². The summed E-state index contributed by atoms with van der Waals surface area (Å²) < 4.78 is 0. The summed E-state index contributed by atoms with van der Waals surface area (Å²) in [6.45, 7) is 5.27. The molecule has 0 saturated carbocycles. The van der Waals surface area contributed by atoms with Gasteiger partial charge in [0.2, 0.25) is 0 Å². The third-order valence-corrected chi connectivity index (χ3v) is 1.07. The van der Waals surface area contributed by atoms with E-state index >= 15 is 0 Å². The highest BCUT2D eigenvalue weighted by molar-refractivity contribution is 5.93. The maximum absolute atomic E-state index is 4.09. The van der Waals surface area contributed by atoms with Gasteiger partial charge in [0.1, 0.15) is 0 Å². The third-order valence-electron chi connectivity index (χ3n) is 1.07. The Kier molecular flexibility index (Phi) is 1.98. The van der Waals surface area contributed by atoms with Crippen LogP contribution in [-0.4, -0.2) is 12.4 Å². The number of rotatable bonds is 1. The Balaban J connectivity index is 3.02. The van der Waals surface area contributed by atoms with Crippen LogP contribution < -0.4 is 0 Å². The van der Waals surface area contributed by atoms with Crippen LogP contribution in [0.15, 0.2) is 39.8 Å². The topological polar surface area (TPSA) is 24.7 Å². The van der Waals surface area contributed by atoms with Crippen LogP contribution in [0.1, 0.15) is 6.92 Å².